The van der Waals surface area contributed by atoms with Gasteiger partial charge >= 0.3 is 6.03 Å². The monoisotopic (exact) mass is 347 g/mol. The third-order valence-electron chi connectivity index (χ3n) is 4.73. The fourth-order valence-electron chi connectivity index (χ4n) is 3.25. The van der Waals surface area contributed by atoms with E-state index in [0.717, 1.165) is 24.2 Å². The highest BCUT2D eigenvalue weighted by molar-refractivity contribution is 5.90. The van der Waals surface area contributed by atoms with Crippen molar-refractivity contribution in [2.75, 3.05) is 13.7 Å². The number of nitrogens with one attached hydrogen (secondary N) is 3. The molecule has 3 N–H and O–H groups in total. The Hall–Kier alpha value is -2.44. The number of urea groups is 1. The van der Waals surface area contributed by atoms with Gasteiger partial charge in [0.05, 0.1) is 19.3 Å². The molecule has 0 unspecified atom stereocenters. The van der Waals surface area contributed by atoms with Gasteiger partial charge in [-0.15, -0.1) is 0 Å². The zero-order valence-corrected chi connectivity index (χ0v) is 14.6. The number of carbonyl (C=O) groups excluding carboxylic acids is 2. The summed E-state index contributed by atoms with van der Waals surface area (Å²) in [5.41, 5.74) is 0.918. The highest BCUT2D eigenvalue weighted by Gasteiger charge is 2.28. The third-order valence-corrected chi connectivity index (χ3v) is 4.73. The molecule has 0 radical (unpaired) electrons. The molecule has 3 rings (SSSR count). The summed E-state index contributed by atoms with van der Waals surface area (Å²) in [6, 6.07) is 4.65. The normalized spacial score (nSPS) is 21.4. The maximum absolute atomic E-state index is 12.2. The lowest BCUT2D eigenvalue weighted by molar-refractivity contribution is -0.123. The van der Waals surface area contributed by atoms with Crippen molar-refractivity contribution in [1.29, 1.82) is 0 Å². The predicted molar refractivity (Wildman–Crippen MR) is 92.8 cm³/mol. The number of hydrogen-bond donors (Lipinski definition) is 3. The second kappa shape index (κ2) is 7.63. The lowest BCUT2D eigenvalue weighted by Gasteiger charge is -2.20. The molecule has 7 nitrogen and oxygen atoms in total. The Morgan fingerprint density at radius 3 is 2.68 bits per heavy atom. The molecule has 2 atom stereocenters. The summed E-state index contributed by atoms with van der Waals surface area (Å²) >= 11 is 0. The van der Waals surface area contributed by atoms with Crippen molar-refractivity contribution in [2.24, 2.45) is 0 Å². The number of ether oxygens (including phenoxy) is 2. The largest absolute Gasteiger partial charge is 0.493 e. The molecule has 1 heterocycles. The lowest BCUT2D eigenvalue weighted by atomic mass is 10.1. The summed E-state index contributed by atoms with van der Waals surface area (Å²) in [6.45, 7) is 2.20. The number of methoxy groups -OCH3 is 1. The molecule has 1 saturated carbocycles. The maximum atomic E-state index is 12.2. The highest BCUT2D eigenvalue weighted by atomic mass is 16.5. The molecule has 0 bridgehead atoms. The molecule has 7 heteroatoms. The summed E-state index contributed by atoms with van der Waals surface area (Å²) < 4.78 is 11.5. The molecule has 1 aromatic carbocycles. The Morgan fingerprint density at radius 1 is 1.28 bits per heavy atom. The van der Waals surface area contributed by atoms with Gasteiger partial charge in [0.2, 0.25) is 5.91 Å². The number of hydrogen-bond acceptors (Lipinski definition) is 4. The van der Waals surface area contributed by atoms with Gasteiger partial charge in [0.1, 0.15) is 6.04 Å². The van der Waals surface area contributed by atoms with Crippen LogP contribution in [0.15, 0.2) is 18.2 Å². The van der Waals surface area contributed by atoms with Gasteiger partial charge in [-0.05, 0) is 50.3 Å². The Labute approximate surface area is 147 Å². The van der Waals surface area contributed by atoms with E-state index in [-0.39, 0.29) is 24.1 Å². The average molecular weight is 347 g/mol. The molecular formula is C18H25N3O4. The van der Waals surface area contributed by atoms with E-state index in [9.17, 15) is 9.59 Å². The summed E-state index contributed by atoms with van der Waals surface area (Å²) in [7, 11) is 1.61. The maximum Gasteiger partial charge on any atom is 0.315 e. The first-order valence-corrected chi connectivity index (χ1v) is 8.76. The van der Waals surface area contributed by atoms with Gasteiger partial charge in [-0.3, -0.25) is 4.79 Å². The van der Waals surface area contributed by atoms with Gasteiger partial charge in [0.15, 0.2) is 11.5 Å². The van der Waals surface area contributed by atoms with Gasteiger partial charge in [-0.2, -0.15) is 0 Å². The van der Waals surface area contributed by atoms with Crippen LogP contribution in [0.5, 0.6) is 11.5 Å². The molecule has 1 aliphatic carbocycles. The topological polar surface area (TPSA) is 88.7 Å². The van der Waals surface area contributed by atoms with E-state index in [1.54, 1.807) is 7.11 Å². The van der Waals surface area contributed by atoms with Crippen molar-refractivity contribution < 1.29 is 19.1 Å². The Morgan fingerprint density at radius 2 is 2.04 bits per heavy atom. The van der Waals surface area contributed by atoms with Crippen LogP contribution in [-0.4, -0.2) is 37.7 Å². The van der Waals surface area contributed by atoms with E-state index >= 15 is 0 Å². The molecule has 136 valence electrons. The predicted octanol–water partition coefficient (Wildman–Crippen LogP) is 1.88. The summed E-state index contributed by atoms with van der Waals surface area (Å²) in [5, 5.41) is 8.06. The van der Waals surface area contributed by atoms with Crippen molar-refractivity contribution in [2.45, 2.75) is 50.8 Å². The molecule has 3 amide bonds. The van der Waals surface area contributed by atoms with Gasteiger partial charge in [-0.1, -0.05) is 6.07 Å². The smallest absolute Gasteiger partial charge is 0.315 e. The standard InChI is InChI=1S/C18H25N3O4/c1-11(20-17(22)14-10-19-18(23)21-14)12-7-8-15(16(9-12)24-2)25-13-5-3-4-6-13/h7-9,11,13-14H,3-6,10H2,1-2H3,(H,20,22)(H2,19,21,23)/t11-,14+/m1/s1. The van der Waals surface area contributed by atoms with Crippen LogP contribution in [0.1, 0.15) is 44.2 Å². The summed E-state index contributed by atoms with van der Waals surface area (Å²) in [5.74, 6) is 1.20. The summed E-state index contributed by atoms with van der Waals surface area (Å²) in [6.07, 6.45) is 4.84. The second-order valence-corrected chi connectivity index (χ2v) is 6.57. The molecule has 2 aliphatic rings. The van der Waals surface area contributed by atoms with E-state index in [2.05, 4.69) is 16.0 Å². The number of benzene rings is 1. The molecule has 0 aromatic heterocycles. The van der Waals surface area contributed by atoms with Crippen LogP contribution in [0.2, 0.25) is 0 Å². The number of rotatable bonds is 6. The molecule has 1 aliphatic heterocycles. The fraction of sp³-hybridized carbons (Fsp3) is 0.556. The van der Waals surface area contributed by atoms with Crippen molar-refractivity contribution in [3.63, 3.8) is 0 Å². The second-order valence-electron chi connectivity index (χ2n) is 6.57. The average Bonchev–Trinajstić information content (AvgIpc) is 3.26. The minimum atomic E-state index is -0.540. The van der Waals surface area contributed by atoms with Crippen molar-refractivity contribution >= 4 is 11.9 Å². The summed E-state index contributed by atoms with van der Waals surface area (Å²) in [4.78, 5) is 23.3. The van der Waals surface area contributed by atoms with Crippen LogP contribution >= 0.6 is 0 Å². The Kier molecular flexibility index (Phi) is 5.31. The van der Waals surface area contributed by atoms with Crippen LogP contribution in [0.25, 0.3) is 0 Å². The zero-order valence-electron chi connectivity index (χ0n) is 14.6. The van der Waals surface area contributed by atoms with Crippen LogP contribution in [-0.2, 0) is 4.79 Å². The highest BCUT2D eigenvalue weighted by Crippen LogP contribution is 2.33. The first-order valence-electron chi connectivity index (χ1n) is 8.76. The lowest BCUT2D eigenvalue weighted by Crippen LogP contribution is -2.43. The Bertz CT molecular complexity index is 643. The quantitative estimate of drug-likeness (QED) is 0.733. The van der Waals surface area contributed by atoms with Gasteiger partial charge in [0.25, 0.3) is 0 Å². The molecule has 25 heavy (non-hydrogen) atoms. The fourth-order valence-corrected chi connectivity index (χ4v) is 3.25. The molecule has 1 saturated heterocycles. The first kappa shape index (κ1) is 17.4. The van der Waals surface area contributed by atoms with Gasteiger partial charge in [-0.25, -0.2) is 4.79 Å². The van der Waals surface area contributed by atoms with E-state index in [4.69, 9.17) is 9.47 Å². The van der Waals surface area contributed by atoms with Crippen molar-refractivity contribution in [3.8, 4) is 11.5 Å². The van der Waals surface area contributed by atoms with E-state index < -0.39 is 6.04 Å². The molecule has 0 spiro atoms. The van der Waals surface area contributed by atoms with Crippen molar-refractivity contribution in [3.05, 3.63) is 23.8 Å². The van der Waals surface area contributed by atoms with Crippen LogP contribution < -0.4 is 25.4 Å². The Balaban J connectivity index is 1.64. The van der Waals surface area contributed by atoms with Gasteiger partial charge in [0, 0.05) is 6.54 Å². The van der Waals surface area contributed by atoms with E-state index in [1.807, 2.05) is 25.1 Å². The van der Waals surface area contributed by atoms with E-state index in [1.165, 1.54) is 12.8 Å². The number of amides is 3. The molecule has 1 aromatic rings. The van der Waals surface area contributed by atoms with Crippen LogP contribution in [0, 0.1) is 0 Å². The van der Waals surface area contributed by atoms with E-state index in [0.29, 0.717) is 12.3 Å². The first-order chi connectivity index (χ1) is 12.1. The molecule has 2 fully saturated rings. The minimum absolute atomic E-state index is 0.209. The molecular weight excluding hydrogens is 322 g/mol. The van der Waals surface area contributed by atoms with Crippen LogP contribution in [0.3, 0.4) is 0 Å². The third kappa shape index (κ3) is 4.15. The van der Waals surface area contributed by atoms with Crippen molar-refractivity contribution in [1.82, 2.24) is 16.0 Å². The number of carbonyl (C=O) groups is 2. The zero-order chi connectivity index (χ0) is 17.8. The minimum Gasteiger partial charge on any atom is -0.493 e. The SMILES string of the molecule is COc1cc([C@@H](C)NC(=O)[C@@H]2CNC(=O)N2)ccc1OC1CCCC1. The van der Waals surface area contributed by atoms with Gasteiger partial charge < -0.3 is 25.4 Å². The van der Waals surface area contributed by atoms with Crippen LogP contribution in [0.4, 0.5) is 4.79 Å².